The summed E-state index contributed by atoms with van der Waals surface area (Å²) in [5, 5.41) is 17.9. The van der Waals surface area contributed by atoms with Gasteiger partial charge in [-0.1, -0.05) is 18.2 Å². The molecule has 0 saturated carbocycles. The normalized spacial score (nSPS) is 16.9. The molecule has 0 aromatic heterocycles. The molecule has 0 radical (unpaired) electrons. The number of likely N-dealkylation sites (tertiary alicyclic amines) is 2. The Morgan fingerprint density at radius 1 is 0.973 bits per heavy atom. The van der Waals surface area contributed by atoms with Gasteiger partial charge in [-0.2, -0.15) is 10.5 Å². The molecule has 2 aliphatic rings. The predicted octanol–water partition coefficient (Wildman–Crippen LogP) is 5.04. The molecular formula is C29H33F2N5O. The second-order valence-electron chi connectivity index (χ2n) is 10.3. The summed E-state index contributed by atoms with van der Waals surface area (Å²) in [5.74, 6) is -2.12. The molecule has 2 heterocycles. The van der Waals surface area contributed by atoms with Gasteiger partial charge >= 0.3 is 0 Å². The smallest absolute Gasteiger partial charge is 0.259 e. The van der Waals surface area contributed by atoms with E-state index in [1.807, 2.05) is 0 Å². The SMILES string of the molecule is Cc1ccc(F)c(C(=O)N2CCC3(CCN(Cc4ccc(N(CCC#N)CCC#N)cc4)C3)CC2)c1F. The zero-order chi connectivity index (χ0) is 26.4. The number of hydrogen-bond acceptors (Lipinski definition) is 5. The Morgan fingerprint density at radius 2 is 1.59 bits per heavy atom. The molecule has 2 fully saturated rings. The van der Waals surface area contributed by atoms with E-state index in [9.17, 15) is 13.6 Å². The van der Waals surface area contributed by atoms with Crippen molar-refractivity contribution in [3.8, 4) is 12.1 Å². The summed E-state index contributed by atoms with van der Waals surface area (Å²) in [7, 11) is 0. The number of carbonyl (C=O) groups is 1. The number of carbonyl (C=O) groups excluding carboxylic acids is 1. The number of hydrogen-bond donors (Lipinski definition) is 0. The number of benzene rings is 2. The molecule has 0 bridgehead atoms. The molecule has 0 unspecified atom stereocenters. The molecule has 37 heavy (non-hydrogen) atoms. The van der Waals surface area contributed by atoms with Gasteiger partial charge in [-0.15, -0.1) is 0 Å². The molecule has 0 aliphatic carbocycles. The molecule has 1 spiro atoms. The maximum Gasteiger partial charge on any atom is 0.259 e. The van der Waals surface area contributed by atoms with Gasteiger partial charge in [-0.25, -0.2) is 8.78 Å². The summed E-state index contributed by atoms with van der Waals surface area (Å²) in [6.07, 6.45) is 3.55. The number of piperidine rings is 1. The van der Waals surface area contributed by atoms with Crippen LogP contribution >= 0.6 is 0 Å². The number of aryl methyl sites for hydroxylation is 1. The van der Waals surface area contributed by atoms with Crippen LogP contribution < -0.4 is 4.90 Å². The van der Waals surface area contributed by atoms with E-state index in [-0.39, 0.29) is 11.0 Å². The average molecular weight is 506 g/mol. The Bertz CT molecular complexity index is 1170. The van der Waals surface area contributed by atoms with E-state index in [2.05, 4.69) is 46.2 Å². The van der Waals surface area contributed by atoms with Gasteiger partial charge in [0.25, 0.3) is 5.91 Å². The highest BCUT2D eigenvalue weighted by Gasteiger charge is 2.41. The van der Waals surface area contributed by atoms with Crippen molar-refractivity contribution in [3.63, 3.8) is 0 Å². The van der Waals surface area contributed by atoms with E-state index in [1.165, 1.54) is 18.6 Å². The molecular weight excluding hydrogens is 472 g/mol. The molecule has 2 saturated heterocycles. The van der Waals surface area contributed by atoms with E-state index < -0.39 is 23.1 Å². The molecule has 2 aromatic carbocycles. The second-order valence-corrected chi connectivity index (χ2v) is 10.3. The van der Waals surface area contributed by atoms with Gasteiger partial charge in [0.05, 0.1) is 25.0 Å². The van der Waals surface area contributed by atoms with E-state index in [0.717, 1.165) is 50.7 Å². The Labute approximate surface area is 217 Å². The Kier molecular flexibility index (Phi) is 8.41. The summed E-state index contributed by atoms with van der Waals surface area (Å²) < 4.78 is 28.7. The number of halogens is 2. The zero-order valence-corrected chi connectivity index (χ0v) is 21.3. The number of nitriles is 2. The molecule has 0 atom stereocenters. The third-order valence-corrected chi connectivity index (χ3v) is 7.82. The van der Waals surface area contributed by atoms with Crippen LogP contribution in [0.25, 0.3) is 0 Å². The fraction of sp³-hybridized carbons (Fsp3) is 0.483. The van der Waals surface area contributed by atoms with Crippen LogP contribution in [0.4, 0.5) is 14.5 Å². The minimum absolute atomic E-state index is 0.131. The van der Waals surface area contributed by atoms with E-state index >= 15 is 0 Å². The first-order valence-electron chi connectivity index (χ1n) is 12.9. The zero-order valence-electron chi connectivity index (χ0n) is 21.3. The van der Waals surface area contributed by atoms with Crippen LogP contribution in [0.1, 0.15) is 53.6 Å². The van der Waals surface area contributed by atoms with Crippen LogP contribution in [0.15, 0.2) is 36.4 Å². The van der Waals surface area contributed by atoms with Crippen molar-refractivity contribution in [1.29, 1.82) is 10.5 Å². The van der Waals surface area contributed by atoms with Crippen LogP contribution in [0.2, 0.25) is 0 Å². The first-order chi connectivity index (χ1) is 17.9. The maximum atomic E-state index is 14.5. The van der Waals surface area contributed by atoms with Crippen LogP contribution in [-0.2, 0) is 6.54 Å². The van der Waals surface area contributed by atoms with Gasteiger partial charge in [-0.3, -0.25) is 9.69 Å². The lowest BCUT2D eigenvalue weighted by atomic mass is 9.77. The van der Waals surface area contributed by atoms with Gasteiger partial charge < -0.3 is 9.80 Å². The van der Waals surface area contributed by atoms with Gasteiger partial charge in [-0.05, 0) is 67.5 Å². The number of amides is 1. The van der Waals surface area contributed by atoms with Crippen molar-refractivity contribution >= 4 is 11.6 Å². The van der Waals surface area contributed by atoms with Crippen LogP contribution in [0.3, 0.4) is 0 Å². The summed E-state index contributed by atoms with van der Waals surface area (Å²) in [6, 6.07) is 15.2. The fourth-order valence-electron chi connectivity index (χ4n) is 5.58. The molecule has 6 nitrogen and oxygen atoms in total. The lowest BCUT2D eigenvalue weighted by Crippen LogP contribution is -2.44. The number of rotatable bonds is 8. The maximum absolute atomic E-state index is 14.5. The van der Waals surface area contributed by atoms with E-state index in [1.54, 1.807) is 4.90 Å². The van der Waals surface area contributed by atoms with Crippen molar-refractivity contribution in [2.45, 2.75) is 45.6 Å². The first kappa shape index (κ1) is 26.6. The predicted molar refractivity (Wildman–Crippen MR) is 138 cm³/mol. The van der Waals surface area contributed by atoms with Crippen molar-refractivity contribution < 1.29 is 13.6 Å². The summed E-state index contributed by atoms with van der Waals surface area (Å²) in [5.41, 5.74) is 2.19. The minimum Gasteiger partial charge on any atom is -0.369 e. The Balaban J connectivity index is 1.32. The molecule has 1 amide bonds. The highest BCUT2D eigenvalue weighted by atomic mass is 19.1. The molecule has 4 rings (SSSR count). The number of anilines is 1. The van der Waals surface area contributed by atoms with Crippen LogP contribution in [0.5, 0.6) is 0 Å². The first-order valence-corrected chi connectivity index (χ1v) is 12.9. The lowest BCUT2D eigenvalue weighted by molar-refractivity contribution is 0.0578. The van der Waals surface area contributed by atoms with Gasteiger partial charge in [0.1, 0.15) is 17.2 Å². The minimum atomic E-state index is -0.801. The molecule has 194 valence electrons. The summed E-state index contributed by atoms with van der Waals surface area (Å²) in [6.45, 7) is 6.53. The summed E-state index contributed by atoms with van der Waals surface area (Å²) in [4.78, 5) is 19.0. The van der Waals surface area contributed by atoms with Crippen molar-refractivity contribution in [1.82, 2.24) is 9.80 Å². The third-order valence-electron chi connectivity index (χ3n) is 7.82. The fourth-order valence-corrected chi connectivity index (χ4v) is 5.58. The largest absolute Gasteiger partial charge is 0.369 e. The highest BCUT2D eigenvalue weighted by molar-refractivity contribution is 5.95. The summed E-state index contributed by atoms with van der Waals surface area (Å²) >= 11 is 0. The average Bonchev–Trinajstić information content (AvgIpc) is 3.29. The standard InChI is InChI=1S/C29H33F2N5O/c1-22-4-9-25(30)26(27(22)31)28(37)36-18-11-29(12-19-36)10-17-34(21-29)20-23-5-7-24(8-6-23)35(15-2-13-32)16-3-14-33/h4-9H,2-3,10-12,15-21H2,1H3. The third kappa shape index (κ3) is 6.09. The van der Waals surface area contributed by atoms with Crippen molar-refractivity contribution in [2.24, 2.45) is 5.41 Å². The van der Waals surface area contributed by atoms with Crippen LogP contribution in [0, 0.1) is 46.6 Å². The Hall–Kier alpha value is -3.49. The van der Waals surface area contributed by atoms with Crippen molar-refractivity contribution in [3.05, 3.63) is 64.7 Å². The molecule has 2 aromatic rings. The van der Waals surface area contributed by atoms with E-state index in [0.29, 0.717) is 39.0 Å². The molecule has 0 N–H and O–H groups in total. The second kappa shape index (κ2) is 11.7. The van der Waals surface area contributed by atoms with Crippen molar-refractivity contribution in [2.75, 3.05) is 44.2 Å². The number of nitrogens with zero attached hydrogens (tertiary/aromatic N) is 5. The monoisotopic (exact) mass is 505 g/mol. The van der Waals surface area contributed by atoms with Gasteiger partial charge in [0.2, 0.25) is 0 Å². The van der Waals surface area contributed by atoms with Gasteiger partial charge in [0, 0.05) is 45.0 Å². The van der Waals surface area contributed by atoms with E-state index in [4.69, 9.17) is 10.5 Å². The highest BCUT2D eigenvalue weighted by Crippen LogP contribution is 2.41. The van der Waals surface area contributed by atoms with Gasteiger partial charge in [0.15, 0.2) is 0 Å². The Morgan fingerprint density at radius 3 is 2.22 bits per heavy atom. The molecule has 8 heteroatoms. The quantitative estimate of drug-likeness (QED) is 0.503. The lowest BCUT2D eigenvalue weighted by Gasteiger charge is -2.39. The topological polar surface area (TPSA) is 74.4 Å². The van der Waals surface area contributed by atoms with Crippen LogP contribution in [-0.4, -0.2) is 55.0 Å². The molecule has 2 aliphatic heterocycles.